The minimum atomic E-state index is -4.74. The smallest absolute Gasteiger partial charge is 0.206 e. The standard InChI is InChI=1S/C30H25F7/c1-2-3-18-4-6-19(7-5-18)20-8-10-23(26(31)14-20)21-9-11-24(27(32)15-21)22-16-28(33)25(29(34)17-22)12-13-30(35,36)37/h6,8-18H,2-5,7H2,1H3. The number of benzene rings is 3. The summed E-state index contributed by atoms with van der Waals surface area (Å²) in [7, 11) is 0. The van der Waals surface area contributed by atoms with E-state index in [2.05, 4.69) is 13.0 Å². The number of rotatable bonds is 6. The van der Waals surface area contributed by atoms with Gasteiger partial charge in [-0.1, -0.05) is 50.1 Å². The lowest BCUT2D eigenvalue weighted by atomic mass is 9.84. The van der Waals surface area contributed by atoms with Gasteiger partial charge in [0, 0.05) is 22.8 Å². The maximum absolute atomic E-state index is 15.0. The summed E-state index contributed by atoms with van der Waals surface area (Å²) in [5.41, 5.74) is 1.07. The number of alkyl halides is 3. The zero-order chi connectivity index (χ0) is 26.7. The van der Waals surface area contributed by atoms with Gasteiger partial charge in [-0.3, -0.25) is 0 Å². The van der Waals surface area contributed by atoms with Crippen LogP contribution >= 0.6 is 0 Å². The lowest BCUT2D eigenvalue weighted by Gasteiger charge is -2.22. The van der Waals surface area contributed by atoms with E-state index < -0.39 is 35.0 Å². The van der Waals surface area contributed by atoms with Crippen molar-refractivity contribution in [1.29, 1.82) is 0 Å². The summed E-state index contributed by atoms with van der Waals surface area (Å²) >= 11 is 0. The third kappa shape index (κ3) is 6.32. The minimum Gasteiger partial charge on any atom is -0.206 e. The lowest BCUT2D eigenvalue weighted by molar-refractivity contribution is -0.0790. The van der Waals surface area contributed by atoms with E-state index in [9.17, 15) is 26.3 Å². The van der Waals surface area contributed by atoms with Crippen molar-refractivity contribution in [2.75, 3.05) is 0 Å². The van der Waals surface area contributed by atoms with Crippen molar-refractivity contribution < 1.29 is 30.7 Å². The van der Waals surface area contributed by atoms with Crippen molar-refractivity contribution >= 4 is 11.6 Å². The Balaban J connectivity index is 1.58. The highest BCUT2D eigenvalue weighted by atomic mass is 19.4. The first-order chi connectivity index (χ1) is 17.6. The van der Waals surface area contributed by atoms with Gasteiger partial charge in [-0.2, -0.15) is 13.2 Å². The van der Waals surface area contributed by atoms with Gasteiger partial charge in [0.05, 0.1) is 0 Å². The zero-order valence-corrected chi connectivity index (χ0v) is 20.1. The molecule has 37 heavy (non-hydrogen) atoms. The van der Waals surface area contributed by atoms with Crippen LogP contribution in [0.5, 0.6) is 0 Å². The molecule has 7 heteroatoms. The van der Waals surface area contributed by atoms with Gasteiger partial charge in [0.1, 0.15) is 23.3 Å². The van der Waals surface area contributed by atoms with Crippen molar-refractivity contribution in [3.8, 4) is 22.3 Å². The second-order valence-corrected chi connectivity index (χ2v) is 9.28. The monoisotopic (exact) mass is 518 g/mol. The fraction of sp³-hybridized carbons (Fsp3) is 0.267. The number of halogens is 7. The Labute approximate surface area is 211 Å². The summed E-state index contributed by atoms with van der Waals surface area (Å²) in [4.78, 5) is 0. The maximum Gasteiger partial charge on any atom is 0.409 e. The van der Waals surface area contributed by atoms with Gasteiger partial charge in [-0.15, -0.1) is 0 Å². The van der Waals surface area contributed by atoms with Gasteiger partial charge in [0.2, 0.25) is 0 Å². The summed E-state index contributed by atoms with van der Waals surface area (Å²) in [5, 5.41) is 0. The van der Waals surface area contributed by atoms with Crippen LogP contribution in [-0.2, 0) is 0 Å². The van der Waals surface area contributed by atoms with Crippen LogP contribution in [0.4, 0.5) is 30.7 Å². The first-order valence-electron chi connectivity index (χ1n) is 12.1. The fourth-order valence-electron chi connectivity index (χ4n) is 4.76. The first kappa shape index (κ1) is 26.7. The Hall–Kier alpha value is -3.35. The Bertz CT molecular complexity index is 1330. The molecular weight excluding hydrogens is 493 g/mol. The van der Waals surface area contributed by atoms with Crippen molar-refractivity contribution in [2.24, 2.45) is 5.92 Å². The molecular formula is C30H25F7. The SMILES string of the molecule is CCCC1CC=C(c2ccc(-c3ccc(-c4cc(F)c(C=CC(F)(F)F)c(F)c4)c(F)c3)c(F)c2)CC1. The molecule has 0 saturated heterocycles. The summed E-state index contributed by atoms with van der Waals surface area (Å²) in [5.74, 6) is -3.24. The van der Waals surface area contributed by atoms with Crippen molar-refractivity contribution in [3.05, 3.63) is 95.1 Å². The molecule has 0 aromatic heterocycles. The van der Waals surface area contributed by atoms with E-state index in [1.165, 1.54) is 24.6 Å². The van der Waals surface area contributed by atoms with Gasteiger partial charge in [-0.05, 0) is 77.8 Å². The van der Waals surface area contributed by atoms with Crippen LogP contribution in [0.1, 0.15) is 50.2 Å². The number of allylic oxidation sites excluding steroid dienone is 3. The molecule has 0 heterocycles. The lowest BCUT2D eigenvalue weighted by Crippen LogP contribution is -2.05. The molecule has 0 amide bonds. The topological polar surface area (TPSA) is 0 Å². The van der Waals surface area contributed by atoms with Gasteiger partial charge in [0.15, 0.2) is 0 Å². The van der Waals surface area contributed by atoms with Crippen molar-refractivity contribution in [1.82, 2.24) is 0 Å². The zero-order valence-electron chi connectivity index (χ0n) is 20.1. The van der Waals surface area contributed by atoms with Gasteiger partial charge >= 0.3 is 6.18 Å². The van der Waals surface area contributed by atoms with Crippen molar-refractivity contribution in [2.45, 2.75) is 45.2 Å². The molecule has 0 bridgehead atoms. The normalized spacial score (nSPS) is 16.3. The average molecular weight is 519 g/mol. The molecule has 0 spiro atoms. The molecule has 1 unspecified atom stereocenters. The molecule has 3 aromatic rings. The van der Waals surface area contributed by atoms with Crippen LogP contribution < -0.4 is 0 Å². The highest BCUT2D eigenvalue weighted by Crippen LogP contribution is 2.36. The molecule has 0 fully saturated rings. The van der Waals surface area contributed by atoms with E-state index in [-0.39, 0.29) is 34.4 Å². The fourth-order valence-corrected chi connectivity index (χ4v) is 4.76. The van der Waals surface area contributed by atoms with Crippen LogP contribution in [0.25, 0.3) is 33.9 Å². The molecule has 0 nitrogen and oxygen atoms in total. The molecule has 0 N–H and O–H groups in total. The predicted octanol–water partition coefficient (Wildman–Crippen LogP) is 10.1. The van der Waals surface area contributed by atoms with Crippen LogP contribution in [0.15, 0.2) is 60.7 Å². The molecule has 3 aromatic carbocycles. The maximum atomic E-state index is 15.0. The molecule has 0 radical (unpaired) electrons. The Kier molecular flexibility index (Phi) is 7.90. The molecule has 1 atom stereocenters. The second kappa shape index (κ2) is 11.0. The predicted molar refractivity (Wildman–Crippen MR) is 132 cm³/mol. The first-order valence-corrected chi connectivity index (χ1v) is 12.1. The van der Waals surface area contributed by atoms with Gasteiger partial charge < -0.3 is 0 Å². The van der Waals surface area contributed by atoms with E-state index in [0.717, 1.165) is 55.0 Å². The van der Waals surface area contributed by atoms with E-state index >= 15 is 4.39 Å². The summed E-state index contributed by atoms with van der Waals surface area (Å²) < 4.78 is 95.7. The molecule has 0 aliphatic heterocycles. The molecule has 1 aliphatic carbocycles. The Morgan fingerprint density at radius 3 is 1.89 bits per heavy atom. The molecule has 4 rings (SSSR count). The van der Waals surface area contributed by atoms with E-state index in [4.69, 9.17) is 0 Å². The molecule has 0 saturated carbocycles. The number of hydrogen-bond acceptors (Lipinski definition) is 0. The Morgan fingerprint density at radius 2 is 1.35 bits per heavy atom. The van der Waals surface area contributed by atoms with E-state index in [1.807, 2.05) is 0 Å². The summed E-state index contributed by atoms with van der Waals surface area (Å²) in [6.45, 7) is 2.16. The molecule has 194 valence electrons. The van der Waals surface area contributed by atoms with Crippen molar-refractivity contribution in [3.63, 3.8) is 0 Å². The largest absolute Gasteiger partial charge is 0.409 e. The van der Waals surface area contributed by atoms with Gasteiger partial charge in [0.25, 0.3) is 0 Å². The summed E-state index contributed by atoms with van der Waals surface area (Å²) in [6.07, 6.45) is 2.66. The quantitative estimate of drug-likeness (QED) is 0.285. The Morgan fingerprint density at radius 1 is 0.784 bits per heavy atom. The van der Waals surface area contributed by atoms with Crippen LogP contribution in [0.2, 0.25) is 0 Å². The third-order valence-corrected chi connectivity index (χ3v) is 6.67. The highest BCUT2D eigenvalue weighted by molar-refractivity contribution is 5.75. The van der Waals surface area contributed by atoms with Crippen LogP contribution in [-0.4, -0.2) is 6.18 Å². The minimum absolute atomic E-state index is 0.168. The molecule has 1 aliphatic rings. The second-order valence-electron chi connectivity index (χ2n) is 9.28. The van der Waals surface area contributed by atoms with E-state index in [0.29, 0.717) is 5.92 Å². The third-order valence-electron chi connectivity index (χ3n) is 6.67. The van der Waals surface area contributed by atoms with Gasteiger partial charge in [-0.25, -0.2) is 17.6 Å². The number of hydrogen-bond donors (Lipinski definition) is 0. The van der Waals surface area contributed by atoms with E-state index in [1.54, 1.807) is 12.1 Å². The summed E-state index contributed by atoms with van der Waals surface area (Å²) in [6, 6.07) is 10.1. The highest BCUT2D eigenvalue weighted by Gasteiger charge is 2.23. The van der Waals surface area contributed by atoms with Crippen LogP contribution in [0.3, 0.4) is 0 Å². The van der Waals surface area contributed by atoms with Crippen LogP contribution in [0, 0.1) is 29.2 Å². The average Bonchev–Trinajstić information content (AvgIpc) is 2.83.